The number of nitrogens with zero attached hydrogens (tertiary/aromatic N) is 1. The van der Waals surface area contributed by atoms with Crippen LogP contribution in [0.2, 0.25) is 0 Å². The van der Waals surface area contributed by atoms with Crippen LogP contribution < -0.4 is 11.1 Å². The highest BCUT2D eigenvalue weighted by Crippen LogP contribution is 2.17. The predicted molar refractivity (Wildman–Crippen MR) is 107 cm³/mol. The van der Waals surface area contributed by atoms with E-state index in [1.165, 1.54) is 0 Å². The maximum absolute atomic E-state index is 12.6. The molecule has 2 aromatic carbocycles. The molecule has 2 unspecified atom stereocenters. The summed E-state index contributed by atoms with van der Waals surface area (Å²) >= 11 is 0. The molecule has 0 aliphatic carbocycles. The number of likely N-dealkylation sites (tertiary alicyclic amines) is 1. The number of carbonyl (C=O) groups is 2. The van der Waals surface area contributed by atoms with Gasteiger partial charge in [0.2, 0.25) is 5.91 Å². The molecule has 0 bridgehead atoms. The van der Waals surface area contributed by atoms with Gasteiger partial charge in [-0.25, -0.2) is 0 Å². The average Bonchev–Trinajstić information content (AvgIpc) is 2.61. The smallest absolute Gasteiger partial charge is 0.251 e. The van der Waals surface area contributed by atoms with Crippen molar-refractivity contribution in [1.29, 1.82) is 0 Å². The lowest BCUT2D eigenvalue weighted by Crippen LogP contribution is -2.50. The number of rotatable bonds is 4. The summed E-state index contributed by atoms with van der Waals surface area (Å²) in [4.78, 5) is 26.6. The van der Waals surface area contributed by atoms with Crippen LogP contribution in [0.5, 0.6) is 0 Å². The van der Waals surface area contributed by atoms with Crippen molar-refractivity contribution in [3.63, 3.8) is 0 Å². The van der Waals surface area contributed by atoms with Crippen LogP contribution in [0.25, 0.3) is 10.8 Å². The van der Waals surface area contributed by atoms with Crippen molar-refractivity contribution >= 4 is 35.0 Å². The van der Waals surface area contributed by atoms with Crippen LogP contribution in [0.1, 0.15) is 36.5 Å². The van der Waals surface area contributed by atoms with Crippen LogP contribution in [-0.2, 0) is 4.79 Å². The van der Waals surface area contributed by atoms with Crippen molar-refractivity contribution < 1.29 is 9.59 Å². The molecule has 3 N–H and O–H groups in total. The van der Waals surface area contributed by atoms with Gasteiger partial charge < -0.3 is 16.0 Å². The Bertz CT molecular complexity index is 778. The van der Waals surface area contributed by atoms with Gasteiger partial charge in [-0.3, -0.25) is 9.59 Å². The quantitative estimate of drug-likeness (QED) is 0.862. The van der Waals surface area contributed by atoms with E-state index in [4.69, 9.17) is 5.73 Å². The first-order chi connectivity index (χ1) is 12.0. The summed E-state index contributed by atoms with van der Waals surface area (Å²) in [6.07, 6.45) is 2.14. The second-order valence-corrected chi connectivity index (χ2v) is 6.90. The van der Waals surface area contributed by atoms with Crippen molar-refractivity contribution in [3.8, 4) is 0 Å². The molecule has 2 aromatic rings. The van der Waals surface area contributed by atoms with Crippen LogP contribution >= 0.6 is 12.4 Å². The molecule has 2 amide bonds. The summed E-state index contributed by atoms with van der Waals surface area (Å²) in [6, 6.07) is 13.5. The molecule has 1 heterocycles. The summed E-state index contributed by atoms with van der Waals surface area (Å²) in [5.74, 6) is -0.0168. The zero-order chi connectivity index (χ0) is 17.8. The average molecular weight is 376 g/mol. The Balaban J connectivity index is 0.00000243. The molecular formula is C20H26ClN3O2. The number of nitrogens with two attached hydrogens (primary N) is 1. The number of fused-ring (bicyclic) bond motifs is 1. The van der Waals surface area contributed by atoms with Crippen LogP contribution in [-0.4, -0.2) is 41.9 Å². The highest BCUT2D eigenvalue weighted by Gasteiger charge is 2.25. The number of carbonyl (C=O) groups excluding carboxylic acids is 2. The number of hydrogen-bond donors (Lipinski definition) is 2. The number of nitrogens with one attached hydrogen (secondary N) is 1. The molecule has 3 rings (SSSR count). The van der Waals surface area contributed by atoms with Gasteiger partial charge in [0.25, 0.3) is 5.91 Å². The molecule has 6 heteroatoms. The van der Waals surface area contributed by atoms with Gasteiger partial charge in [-0.1, -0.05) is 30.3 Å². The first-order valence-electron chi connectivity index (χ1n) is 8.86. The SMILES string of the molecule is CC(N)CC(=O)N1CCCC(NC(=O)c2ccc3ccccc3c2)C1.Cl. The van der Waals surface area contributed by atoms with E-state index in [1.54, 1.807) is 0 Å². The summed E-state index contributed by atoms with van der Waals surface area (Å²) in [6.45, 7) is 3.14. The van der Waals surface area contributed by atoms with Gasteiger partial charge in [0.05, 0.1) is 0 Å². The molecule has 0 radical (unpaired) electrons. The maximum Gasteiger partial charge on any atom is 0.251 e. The third-order valence-corrected chi connectivity index (χ3v) is 4.62. The van der Waals surface area contributed by atoms with Crippen molar-refractivity contribution in [2.75, 3.05) is 13.1 Å². The normalized spacial score (nSPS) is 18.1. The van der Waals surface area contributed by atoms with Crippen LogP contribution in [0.3, 0.4) is 0 Å². The summed E-state index contributed by atoms with van der Waals surface area (Å²) in [5.41, 5.74) is 6.37. The highest BCUT2D eigenvalue weighted by molar-refractivity contribution is 5.98. The second kappa shape index (κ2) is 9.01. The van der Waals surface area contributed by atoms with E-state index in [1.807, 2.05) is 54.3 Å². The van der Waals surface area contributed by atoms with Gasteiger partial charge in [-0.2, -0.15) is 0 Å². The molecule has 5 nitrogen and oxygen atoms in total. The fourth-order valence-corrected chi connectivity index (χ4v) is 3.33. The maximum atomic E-state index is 12.6. The van der Waals surface area contributed by atoms with Gasteiger partial charge in [0, 0.05) is 37.2 Å². The van der Waals surface area contributed by atoms with Crippen molar-refractivity contribution in [2.45, 2.75) is 38.3 Å². The monoisotopic (exact) mass is 375 g/mol. The topological polar surface area (TPSA) is 75.4 Å². The Labute approximate surface area is 160 Å². The van der Waals surface area contributed by atoms with Gasteiger partial charge >= 0.3 is 0 Å². The van der Waals surface area contributed by atoms with Gasteiger partial charge in [0.15, 0.2) is 0 Å². The van der Waals surface area contributed by atoms with Gasteiger partial charge in [0.1, 0.15) is 0 Å². The third kappa shape index (κ3) is 4.96. The molecule has 0 saturated carbocycles. The molecule has 0 aromatic heterocycles. The molecule has 1 aliphatic rings. The van der Waals surface area contributed by atoms with E-state index >= 15 is 0 Å². The lowest BCUT2D eigenvalue weighted by molar-refractivity contribution is -0.132. The van der Waals surface area contributed by atoms with E-state index in [2.05, 4.69) is 5.32 Å². The minimum absolute atomic E-state index is 0. The number of hydrogen-bond acceptors (Lipinski definition) is 3. The van der Waals surface area contributed by atoms with E-state index < -0.39 is 0 Å². The van der Waals surface area contributed by atoms with E-state index in [9.17, 15) is 9.59 Å². The van der Waals surface area contributed by atoms with Crippen molar-refractivity contribution in [2.24, 2.45) is 5.73 Å². The lowest BCUT2D eigenvalue weighted by Gasteiger charge is -2.33. The van der Waals surface area contributed by atoms with E-state index in [0.717, 1.165) is 30.2 Å². The third-order valence-electron chi connectivity index (χ3n) is 4.62. The Morgan fingerprint density at radius 1 is 1.23 bits per heavy atom. The molecule has 0 spiro atoms. The molecule has 1 fully saturated rings. The molecular weight excluding hydrogens is 350 g/mol. The standard InChI is InChI=1S/C20H25N3O2.ClH/c1-14(21)11-19(24)23-10-4-7-18(13-23)22-20(25)17-9-8-15-5-2-3-6-16(15)12-17;/h2-3,5-6,8-9,12,14,18H,4,7,10-11,13,21H2,1H3,(H,22,25);1H. The largest absolute Gasteiger partial charge is 0.348 e. The second-order valence-electron chi connectivity index (χ2n) is 6.90. The van der Waals surface area contributed by atoms with Crippen LogP contribution in [0, 0.1) is 0 Å². The molecule has 26 heavy (non-hydrogen) atoms. The number of halogens is 1. The number of benzene rings is 2. The lowest BCUT2D eigenvalue weighted by atomic mass is 10.0. The highest BCUT2D eigenvalue weighted by atomic mass is 35.5. The zero-order valence-electron chi connectivity index (χ0n) is 15.0. The predicted octanol–water partition coefficient (Wildman–Crippen LogP) is 2.72. The summed E-state index contributed by atoms with van der Waals surface area (Å²) < 4.78 is 0. The minimum Gasteiger partial charge on any atom is -0.348 e. The fraction of sp³-hybridized carbons (Fsp3) is 0.400. The number of amides is 2. The molecule has 1 aliphatic heterocycles. The van der Waals surface area contributed by atoms with Gasteiger partial charge in [-0.05, 0) is 42.7 Å². The minimum atomic E-state index is -0.139. The van der Waals surface area contributed by atoms with Crippen LogP contribution in [0.15, 0.2) is 42.5 Å². The Morgan fingerprint density at radius 2 is 1.96 bits per heavy atom. The number of piperidine rings is 1. The zero-order valence-corrected chi connectivity index (χ0v) is 15.8. The Hall–Kier alpha value is -2.11. The first-order valence-corrected chi connectivity index (χ1v) is 8.86. The van der Waals surface area contributed by atoms with Crippen molar-refractivity contribution in [1.82, 2.24) is 10.2 Å². The Morgan fingerprint density at radius 3 is 2.69 bits per heavy atom. The van der Waals surface area contributed by atoms with Crippen LogP contribution in [0.4, 0.5) is 0 Å². The summed E-state index contributed by atoms with van der Waals surface area (Å²) in [5, 5.41) is 5.24. The molecule has 140 valence electrons. The van der Waals surface area contributed by atoms with Crippen molar-refractivity contribution in [3.05, 3.63) is 48.0 Å². The molecule has 1 saturated heterocycles. The van der Waals surface area contributed by atoms with E-state index in [-0.39, 0.29) is 36.3 Å². The molecule has 2 atom stereocenters. The first kappa shape index (κ1) is 20.2. The van der Waals surface area contributed by atoms with Gasteiger partial charge in [-0.15, -0.1) is 12.4 Å². The van der Waals surface area contributed by atoms with E-state index in [0.29, 0.717) is 18.5 Å². The fourth-order valence-electron chi connectivity index (χ4n) is 3.33. The summed E-state index contributed by atoms with van der Waals surface area (Å²) in [7, 11) is 0. The Kier molecular flexibility index (Phi) is 7.00.